The van der Waals surface area contributed by atoms with E-state index in [9.17, 15) is 14.4 Å². The second-order valence-corrected chi connectivity index (χ2v) is 7.14. The number of halogens is 1. The number of nitrogens with one attached hydrogen (secondary N) is 2. The highest BCUT2D eigenvalue weighted by molar-refractivity contribution is 8.00. The molecule has 0 bridgehead atoms. The van der Waals surface area contributed by atoms with E-state index in [4.69, 9.17) is 21.4 Å². The van der Waals surface area contributed by atoms with Crippen molar-refractivity contribution in [3.05, 3.63) is 47.5 Å². The summed E-state index contributed by atoms with van der Waals surface area (Å²) in [6.07, 6.45) is -0.329. The first-order valence-corrected chi connectivity index (χ1v) is 9.61. The van der Waals surface area contributed by atoms with E-state index in [1.165, 1.54) is 18.9 Å². The first-order valence-electron chi connectivity index (χ1n) is 8.25. The lowest BCUT2D eigenvalue weighted by Crippen LogP contribution is -2.15. The lowest BCUT2D eigenvalue weighted by Gasteiger charge is -2.11. The number of carbonyl (C=O) groups is 3. The van der Waals surface area contributed by atoms with Gasteiger partial charge in [0.1, 0.15) is 5.75 Å². The predicted molar refractivity (Wildman–Crippen MR) is 109 cm³/mol. The molecule has 2 rings (SSSR count). The van der Waals surface area contributed by atoms with E-state index in [1.807, 2.05) is 6.07 Å². The Bertz CT molecular complexity index is 875. The number of carbonyl (C=O) groups excluding carboxylic acids is 2. The fraction of sp³-hybridized carbons (Fsp3) is 0.211. The summed E-state index contributed by atoms with van der Waals surface area (Å²) in [4.78, 5) is 35.2. The third kappa shape index (κ3) is 7.13. The number of hydrogen-bond acceptors (Lipinski definition) is 5. The summed E-state index contributed by atoms with van der Waals surface area (Å²) in [6.45, 7) is 0. The van der Waals surface area contributed by atoms with E-state index in [-0.39, 0.29) is 30.4 Å². The Kier molecular flexibility index (Phi) is 8.16. The molecule has 7 nitrogen and oxygen atoms in total. The summed E-state index contributed by atoms with van der Waals surface area (Å²) in [7, 11) is 1.50. The molecule has 0 aliphatic rings. The third-order valence-corrected chi connectivity index (χ3v) is 4.72. The summed E-state index contributed by atoms with van der Waals surface area (Å²) in [5.41, 5.74) is 1.03. The van der Waals surface area contributed by atoms with Crippen molar-refractivity contribution in [1.82, 2.24) is 0 Å². The molecule has 0 aromatic heterocycles. The first-order chi connectivity index (χ1) is 13.4. The molecule has 3 N–H and O–H groups in total. The predicted octanol–water partition coefficient (Wildman–Crippen LogP) is 3.88. The number of hydrogen-bond donors (Lipinski definition) is 3. The van der Waals surface area contributed by atoms with Crippen molar-refractivity contribution in [1.29, 1.82) is 0 Å². The van der Waals surface area contributed by atoms with Gasteiger partial charge in [-0.15, -0.1) is 11.8 Å². The average molecular weight is 423 g/mol. The van der Waals surface area contributed by atoms with Crippen LogP contribution >= 0.6 is 23.4 Å². The van der Waals surface area contributed by atoms with Gasteiger partial charge in [0.15, 0.2) is 0 Å². The second-order valence-electron chi connectivity index (χ2n) is 5.65. The van der Waals surface area contributed by atoms with Crippen LogP contribution < -0.4 is 15.4 Å². The Balaban J connectivity index is 1.90. The second kappa shape index (κ2) is 10.6. The van der Waals surface area contributed by atoms with Gasteiger partial charge >= 0.3 is 5.97 Å². The number of carboxylic acids is 1. The fourth-order valence-electron chi connectivity index (χ4n) is 2.22. The van der Waals surface area contributed by atoms with E-state index in [1.54, 1.807) is 36.4 Å². The standard InChI is InChI=1S/C19H19ClN2O5S/c1-27-16-6-5-12(20)9-15(16)22-18(24)11-28-14-4-2-3-13(10-14)21-17(23)7-8-19(25)26/h2-6,9-10H,7-8,11H2,1H3,(H,21,23)(H,22,24)(H,25,26). The van der Waals surface area contributed by atoms with Gasteiger partial charge in [-0.1, -0.05) is 17.7 Å². The molecule has 0 radical (unpaired) electrons. The highest BCUT2D eigenvalue weighted by atomic mass is 35.5. The van der Waals surface area contributed by atoms with Gasteiger partial charge in [-0.2, -0.15) is 0 Å². The summed E-state index contributed by atoms with van der Waals surface area (Å²) in [5, 5.41) is 14.5. The number of thioether (sulfide) groups is 1. The van der Waals surface area contributed by atoms with Crippen molar-refractivity contribution in [3.8, 4) is 5.75 Å². The molecule has 0 unspecified atom stereocenters. The lowest BCUT2D eigenvalue weighted by atomic mass is 10.2. The molecular formula is C19H19ClN2O5S. The molecule has 0 spiro atoms. The van der Waals surface area contributed by atoms with Crippen molar-refractivity contribution in [3.63, 3.8) is 0 Å². The van der Waals surface area contributed by atoms with E-state index >= 15 is 0 Å². The molecule has 148 valence electrons. The van der Waals surface area contributed by atoms with Crippen LogP contribution in [0.5, 0.6) is 5.75 Å². The topological polar surface area (TPSA) is 105 Å². The first kappa shape index (κ1) is 21.6. The average Bonchev–Trinajstić information content (AvgIpc) is 2.65. The quantitative estimate of drug-likeness (QED) is 0.529. The zero-order chi connectivity index (χ0) is 20.5. The molecule has 2 aromatic carbocycles. The monoisotopic (exact) mass is 422 g/mol. The van der Waals surface area contributed by atoms with Crippen LogP contribution in [0.4, 0.5) is 11.4 Å². The minimum Gasteiger partial charge on any atom is -0.495 e. The van der Waals surface area contributed by atoms with Crippen LogP contribution in [0.3, 0.4) is 0 Å². The van der Waals surface area contributed by atoms with Gasteiger partial charge in [-0.3, -0.25) is 14.4 Å². The highest BCUT2D eigenvalue weighted by Gasteiger charge is 2.10. The van der Waals surface area contributed by atoms with Crippen molar-refractivity contribution < 1.29 is 24.2 Å². The Hall–Kier alpha value is -2.71. The summed E-state index contributed by atoms with van der Waals surface area (Å²) >= 11 is 7.24. The van der Waals surface area contributed by atoms with Crippen LogP contribution in [0.15, 0.2) is 47.4 Å². The van der Waals surface area contributed by atoms with E-state index in [2.05, 4.69) is 10.6 Å². The number of anilines is 2. The molecule has 0 fully saturated rings. The largest absolute Gasteiger partial charge is 0.495 e. The maximum atomic E-state index is 12.2. The zero-order valence-electron chi connectivity index (χ0n) is 15.0. The summed E-state index contributed by atoms with van der Waals surface area (Å²) in [5.74, 6) is -0.987. The maximum absolute atomic E-state index is 12.2. The molecule has 28 heavy (non-hydrogen) atoms. The van der Waals surface area contributed by atoms with Gasteiger partial charge in [-0.05, 0) is 36.4 Å². The van der Waals surface area contributed by atoms with E-state index < -0.39 is 5.97 Å². The van der Waals surface area contributed by atoms with Gasteiger partial charge in [0.2, 0.25) is 11.8 Å². The Labute approximate surface area is 171 Å². The number of amides is 2. The van der Waals surface area contributed by atoms with Crippen molar-refractivity contribution in [2.75, 3.05) is 23.5 Å². The Morgan fingerprint density at radius 3 is 2.57 bits per heavy atom. The van der Waals surface area contributed by atoms with Crippen molar-refractivity contribution in [2.24, 2.45) is 0 Å². The number of rotatable bonds is 9. The molecule has 2 amide bonds. The van der Waals surface area contributed by atoms with Gasteiger partial charge in [0.05, 0.1) is 25.0 Å². The Morgan fingerprint density at radius 1 is 1.07 bits per heavy atom. The van der Waals surface area contributed by atoms with Crippen molar-refractivity contribution >= 4 is 52.5 Å². The van der Waals surface area contributed by atoms with Crippen LogP contribution in [-0.4, -0.2) is 35.8 Å². The van der Waals surface area contributed by atoms with E-state index in [0.717, 1.165) is 4.90 Å². The van der Waals surface area contributed by atoms with Crippen LogP contribution in [-0.2, 0) is 14.4 Å². The minimum absolute atomic E-state index is 0.101. The highest BCUT2D eigenvalue weighted by Crippen LogP contribution is 2.28. The van der Waals surface area contributed by atoms with E-state index in [0.29, 0.717) is 22.1 Å². The smallest absolute Gasteiger partial charge is 0.303 e. The number of carboxylic acid groups (broad SMARTS) is 1. The molecular weight excluding hydrogens is 404 g/mol. The summed E-state index contributed by atoms with van der Waals surface area (Å²) in [6, 6.07) is 11.9. The molecule has 0 saturated heterocycles. The SMILES string of the molecule is COc1ccc(Cl)cc1NC(=O)CSc1cccc(NC(=O)CCC(=O)O)c1. The van der Waals surface area contributed by atoms with Gasteiger partial charge < -0.3 is 20.5 Å². The minimum atomic E-state index is -1.03. The fourth-order valence-corrected chi connectivity index (χ4v) is 3.15. The number of benzene rings is 2. The van der Waals surface area contributed by atoms with Gasteiger partial charge in [-0.25, -0.2) is 0 Å². The van der Waals surface area contributed by atoms with Crippen molar-refractivity contribution in [2.45, 2.75) is 17.7 Å². The number of aliphatic carboxylic acids is 1. The lowest BCUT2D eigenvalue weighted by molar-refractivity contribution is -0.138. The van der Waals surface area contributed by atoms with Crippen LogP contribution in [0, 0.1) is 0 Å². The zero-order valence-corrected chi connectivity index (χ0v) is 16.6. The van der Waals surface area contributed by atoms with Crippen LogP contribution in [0.2, 0.25) is 5.02 Å². The normalized spacial score (nSPS) is 10.2. The molecule has 0 aliphatic heterocycles. The third-order valence-electron chi connectivity index (χ3n) is 3.49. The van der Waals surface area contributed by atoms with Crippen LogP contribution in [0.25, 0.3) is 0 Å². The van der Waals surface area contributed by atoms with Crippen LogP contribution in [0.1, 0.15) is 12.8 Å². The number of methoxy groups -OCH3 is 1. The molecule has 0 atom stereocenters. The molecule has 2 aromatic rings. The Morgan fingerprint density at radius 2 is 1.86 bits per heavy atom. The maximum Gasteiger partial charge on any atom is 0.303 e. The molecule has 9 heteroatoms. The number of ether oxygens (including phenoxy) is 1. The molecule has 0 heterocycles. The molecule has 0 saturated carbocycles. The molecule has 0 aliphatic carbocycles. The summed E-state index contributed by atoms with van der Waals surface area (Å²) < 4.78 is 5.19. The van der Waals surface area contributed by atoms with Gasteiger partial charge in [0, 0.05) is 22.0 Å². The van der Waals surface area contributed by atoms with Gasteiger partial charge in [0.25, 0.3) is 0 Å².